The van der Waals surface area contributed by atoms with Crippen LogP contribution in [0.15, 0.2) is 22.7 Å². The number of nitrogens with zero attached hydrogens (tertiary/aromatic N) is 2. The predicted molar refractivity (Wildman–Crippen MR) is 83.7 cm³/mol. The number of hydrogen-bond donors (Lipinski definition) is 3. The summed E-state index contributed by atoms with van der Waals surface area (Å²) in [6, 6.07) is 5.61. The van der Waals surface area contributed by atoms with Gasteiger partial charge in [-0.2, -0.15) is 0 Å². The minimum Gasteiger partial charge on any atom is -0.477 e. The van der Waals surface area contributed by atoms with Gasteiger partial charge in [-0.15, -0.1) is 0 Å². The number of aromatic nitrogens is 1. The minimum atomic E-state index is -0.959. The number of hydrogen-bond acceptors (Lipinski definition) is 3. The molecule has 2 aromatic rings. The second-order valence-electron chi connectivity index (χ2n) is 5.27. The fourth-order valence-electron chi connectivity index (χ4n) is 2.89. The third-order valence-electron chi connectivity index (χ3n) is 4.01. The average Bonchev–Trinajstić information content (AvgIpc) is 2.91. The summed E-state index contributed by atoms with van der Waals surface area (Å²) in [5.41, 5.74) is 7.83. The molecule has 0 spiro atoms. The highest BCUT2D eigenvalue weighted by Gasteiger charge is 2.37. The van der Waals surface area contributed by atoms with Crippen LogP contribution in [0.2, 0.25) is 0 Å². The number of carboxylic acid groups (broad SMARTS) is 1. The lowest BCUT2D eigenvalue weighted by Crippen LogP contribution is -2.34. The molecule has 0 fully saturated rings. The van der Waals surface area contributed by atoms with Crippen LogP contribution >= 0.6 is 15.9 Å². The van der Waals surface area contributed by atoms with E-state index < -0.39 is 5.97 Å². The van der Waals surface area contributed by atoms with E-state index in [1.54, 1.807) is 0 Å². The Bertz CT molecular complexity index is 781. The third-order valence-corrected chi connectivity index (χ3v) is 4.51. The summed E-state index contributed by atoms with van der Waals surface area (Å²) in [7, 11) is 3.78. The Balaban J connectivity index is 2.23. The summed E-state index contributed by atoms with van der Waals surface area (Å²) in [6.07, 6.45) is 0. The smallest absolute Gasteiger partial charge is 0.352 e. The molecule has 6 nitrogen and oxygen atoms in total. The van der Waals surface area contributed by atoms with Crippen molar-refractivity contribution in [3.05, 3.63) is 33.9 Å². The van der Waals surface area contributed by atoms with Gasteiger partial charge in [0.2, 0.25) is 0 Å². The van der Waals surface area contributed by atoms with Crippen LogP contribution < -0.4 is 5.73 Å². The van der Waals surface area contributed by atoms with Gasteiger partial charge in [-0.25, -0.2) is 4.79 Å². The summed E-state index contributed by atoms with van der Waals surface area (Å²) in [5.74, 6) is -0.320. The number of carbonyl (C=O) groups is 1. The number of rotatable bonds is 2. The molecule has 7 heteroatoms. The van der Waals surface area contributed by atoms with Crippen molar-refractivity contribution in [2.75, 3.05) is 20.6 Å². The number of aromatic carboxylic acids is 1. The van der Waals surface area contributed by atoms with Crippen LogP contribution in [0.25, 0.3) is 10.9 Å². The van der Waals surface area contributed by atoms with Gasteiger partial charge in [-0.3, -0.25) is 15.2 Å². The fraction of sp³-hybridized carbons (Fsp3) is 0.286. The van der Waals surface area contributed by atoms with E-state index in [2.05, 4.69) is 20.9 Å². The summed E-state index contributed by atoms with van der Waals surface area (Å²) in [6.45, 7) is 0.655. The van der Waals surface area contributed by atoms with Crippen LogP contribution in [-0.4, -0.2) is 52.1 Å². The zero-order valence-corrected chi connectivity index (χ0v) is 13.3. The number of benzene rings is 1. The Labute approximate surface area is 130 Å². The van der Waals surface area contributed by atoms with Crippen LogP contribution in [0, 0.1) is 0 Å². The molecule has 0 radical (unpaired) electrons. The van der Waals surface area contributed by atoms with E-state index in [4.69, 9.17) is 5.73 Å². The maximum Gasteiger partial charge on any atom is 0.352 e. The van der Waals surface area contributed by atoms with Gasteiger partial charge in [0.1, 0.15) is 18.3 Å². The monoisotopic (exact) mass is 351 g/mol. The van der Waals surface area contributed by atoms with E-state index in [-0.39, 0.29) is 11.7 Å². The van der Waals surface area contributed by atoms with Crippen molar-refractivity contribution in [2.45, 2.75) is 6.04 Å². The maximum atomic E-state index is 11.6. The number of carboxylic acids is 1. The van der Waals surface area contributed by atoms with Crippen molar-refractivity contribution in [3.63, 3.8) is 0 Å². The molecule has 0 amide bonds. The van der Waals surface area contributed by atoms with Gasteiger partial charge in [0.05, 0.1) is 14.1 Å². The Morgan fingerprint density at radius 3 is 2.86 bits per heavy atom. The molecule has 1 unspecified atom stereocenters. The molecular weight excluding hydrogens is 336 g/mol. The number of H-pyrrole nitrogens is 1. The molecular formula is C14H16BrN4O2+. The quantitative estimate of drug-likeness (QED) is 0.717. The van der Waals surface area contributed by atoms with Gasteiger partial charge in [-0.1, -0.05) is 15.9 Å². The topological polar surface area (TPSA) is 85.4 Å². The van der Waals surface area contributed by atoms with E-state index in [9.17, 15) is 9.90 Å². The molecule has 21 heavy (non-hydrogen) atoms. The number of fused-ring (bicyclic) bond motifs is 1. The number of nitrogens with two attached hydrogens (primary N) is 1. The number of halogens is 1. The minimum absolute atomic E-state index is 0.0934. The van der Waals surface area contributed by atoms with Gasteiger partial charge in [-0.05, 0) is 18.2 Å². The predicted octanol–water partition coefficient (Wildman–Crippen LogP) is 1.57. The lowest BCUT2D eigenvalue weighted by Gasteiger charge is -2.16. The molecule has 0 saturated heterocycles. The largest absolute Gasteiger partial charge is 0.477 e. The van der Waals surface area contributed by atoms with Crippen molar-refractivity contribution in [3.8, 4) is 0 Å². The van der Waals surface area contributed by atoms with Crippen LogP contribution in [0.1, 0.15) is 22.1 Å². The molecule has 1 aromatic heterocycles. The van der Waals surface area contributed by atoms with E-state index in [1.165, 1.54) is 0 Å². The fourth-order valence-corrected chi connectivity index (χ4v) is 3.25. The number of nitrogens with one attached hydrogen (secondary N) is 1. The van der Waals surface area contributed by atoms with Gasteiger partial charge in [0, 0.05) is 20.9 Å². The van der Waals surface area contributed by atoms with Crippen molar-refractivity contribution >= 4 is 38.8 Å². The zero-order chi connectivity index (χ0) is 15.3. The number of guanidine groups is 1. The molecule has 1 aromatic carbocycles. The first-order valence-electron chi connectivity index (χ1n) is 6.51. The van der Waals surface area contributed by atoms with E-state index in [0.29, 0.717) is 12.5 Å². The van der Waals surface area contributed by atoms with Gasteiger partial charge in [0.15, 0.2) is 0 Å². The second-order valence-corrected chi connectivity index (χ2v) is 6.19. The van der Waals surface area contributed by atoms with Crippen molar-refractivity contribution in [1.29, 1.82) is 0 Å². The molecule has 1 aliphatic heterocycles. The first-order valence-corrected chi connectivity index (χ1v) is 7.30. The van der Waals surface area contributed by atoms with Crippen LogP contribution in [0.5, 0.6) is 0 Å². The average molecular weight is 352 g/mol. The lowest BCUT2D eigenvalue weighted by atomic mass is 10.0. The Morgan fingerprint density at radius 1 is 1.57 bits per heavy atom. The first kappa shape index (κ1) is 13.9. The van der Waals surface area contributed by atoms with Crippen LogP contribution in [0.4, 0.5) is 0 Å². The van der Waals surface area contributed by atoms with E-state index >= 15 is 0 Å². The molecule has 3 rings (SSSR count). The molecule has 1 atom stereocenters. The SMILES string of the molecule is CN1C(N)=[N+](C)CC1c1c(C(=O)O)[nH]c2ccc(Br)cc12. The van der Waals surface area contributed by atoms with E-state index in [0.717, 1.165) is 20.9 Å². The molecule has 0 saturated carbocycles. The third kappa shape index (κ3) is 2.08. The van der Waals surface area contributed by atoms with Crippen molar-refractivity contribution < 1.29 is 14.5 Å². The van der Waals surface area contributed by atoms with Crippen LogP contribution in [-0.2, 0) is 0 Å². The lowest BCUT2D eigenvalue weighted by molar-refractivity contribution is -0.491. The highest BCUT2D eigenvalue weighted by molar-refractivity contribution is 9.10. The summed E-state index contributed by atoms with van der Waals surface area (Å²) in [4.78, 5) is 16.5. The maximum absolute atomic E-state index is 11.6. The van der Waals surface area contributed by atoms with Gasteiger partial charge >= 0.3 is 11.9 Å². The molecule has 0 bridgehead atoms. The standard InChI is InChI=1S/C14H15BrN4O2/c1-18-6-10(19(2)14(18)16)11-8-5-7(15)3-4-9(8)17-12(11)13(20)21/h3-5,10,16-17H,6H2,1-2H3,(H,20,21)/p+1. The Kier molecular flexibility index (Phi) is 3.16. The summed E-state index contributed by atoms with van der Waals surface area (Å²) < 4.78 is 2.84. The van der Waals surface area contributed by atoms with Crippen molar-refractivity contribution in [2.24, 2.45) is 5.73 Å². The molecule has 4 N–H and O–H groups in total. The highest BCUT2D eigenvalue weighted by Crippen LogP contribution is 2.34. The second kappa shape index (κ2) is 4.77. The first-order chi connectivity index (χ1) is 9.90. The molecule has 0 aliphatic carbocycles. The van der Waals surface area contributed by atoms with Gasteiger partial charge in [0.25, 0.3) is 0 Å². The molecule has 2 heterocycles. The number of aromatic amines is 1. The highest BCUT2D eigenvalue weighted by atomic mass is 79.9. The zero-order valence-electron chi connectivity index (χ0n) is 11.7. The van der Waals surface area contributed by atoms with E-state index in [1.807, 2.05) is 41.8 Å². The normalized spacial score (nSPS) is 18.8. The molecule has 1 aliphatic rings. The van der Waals surface area contributed by atoms with Crippen molar-refractivity contribution in [1.82, 2.24) is 9.88 Å². The summed E-state index contributed by atoms with van der Waals surface area (Å²) in [5, 5.41) is 10.4. The summed E-state index contributed by atoms with van der Waals surface area (Å²) >= 11 is 3.45. The Morgan fingerprint density at radius 2 is 2.29 bits per heavy atom. The van der Waals surface area contributed by atoms with Gasteiger partial charge < -0.3 is 10.1 Å². The van der Waals surface area contributed by atoms with Crippen LogP contribution in [0.3, 0.4) is 0 Å². The number of likely N-dealkylation sites (N-methyl/N-ethyl adjacent to an activating group) is 2. The molecule has 110 valence electrons. The Hall–Kier alpha value is -2.02.